The van der Waals surface area contributed by atoms with Crippen LogP contribution >= 0.6 is 0 Å². The third-order valence-corrected chi connectivity index (χ3v) is 3.60. The van der Waals surface area contributed by atoms with Gasteiger partial charge in [-0.3, -0.25) is 20.9 Å². The summed E-state index contributed by atoms with van der Waals surface area (Å²) in [5, 5.41) is 0. The fourth-order valence-electron chi connectivity index (χ4n) is 2.37. The minimum absolute atomic E-state index is 0.0458. The molecule has 2 aromatic carbocycles. The zero-order valence-corrected chi connectivity index (χ0v) is 12.8. The molecule has 0 saturated heterocycles. The number of fused-ring (bicyclic) bond motifs is 2. The van der Waals surface area contributed by atoms with Gasteiger partial charge in [-0.1, -0.05) is 50.2 Å². The highest BCUT2D eigenvalue weighted by molar-refractivity contribution is 6.28. The monoisotopic (exact) mass is 296 g/mol. The molecule has 0 fully saturated rings. The smallest absolute Gasteiger partial charge is 0.194 e. The number of nitrogens with two attached hydrogens (primary N) is 1. The first-order chi connectivity index (χ1) is 10.6. The quantitative estimate of drug-likeness (QED) is 0.563. The lowest BCUT2D eigenvalue weighted by Gasteiger charge is -2.17. The van der Waals surface area contributed by atoms with Gasteiger partial charge in [0.05, 0.1) is 0 Å². The normalized spacial score (nSPS) is 12.1. The van der Waals surface area contributed by atoms with Gasteiger partial charge in [0.2, 0.25) is 0 Å². The van der Waals surface area contributed by atoms with Crippen molar-refractivity contribution < 1.29 is 9.59 Å². The molecule has 0 saturated carbocycles. The topological polar surface area (TPSA) is 72.2 Å². The highest BCUT2D eigenvalue weighted by Gasteiger charge is 2.28. The Morgan fingerprint density at radius 1 is 0.864 bits per heavy atom. The van der Waals surface area contributed by atoms with Crippen LogP contribution in [0.25, 0.3) is 0 Å². The molecule has 4 heteroatoms. The fourth-order valence-corrected chi connectivity index (χ4v) is 2.37. The third kappa shape index (κ3) is 2.98. The number of nitrogens with one attached hydrogen (secondary N) is 1. The molecule has 0 spiro atoms. The van der Waals surface area contributed by atoms with Gasteiger partial charge in [-0.2, -0.15) is 0 Å². The summed E-state index contributed by atoms with van der Waals surface area (Å²) in [6, 6.07) is 12.5. The van der Waals surface area contributed by atoms with Gasteiger partial charge in [-0.15, -0.1) is 0 Å². The van der Waals surface area contributed by atoms with Crippen LogP contribution in [0, 0.1) is 0 Å². The lowest BCUT2D eigenvalue weighted by atomic mass is 9.83. The number of carbonyl (C=O) groups excluding carboxylic acids is 2. The van der Waals surface area contributed by atoms with Crippen LogP contribution in [0.3, 0.4) is 0 Å². The van der Waals surface area contributed by atoms with E-state index in [0.717, 1.165) is 18.5 Å². The van der Waals surface area contributed by atoms with Gasteiger partial charge in [-0.25, -0.2) is 0 Å². The van der Waals surface area contributed by atoms with Crippen molar-refractivity contribution in [2.75, 3.05) is 6.54 Å². The van der Waals surface area contributed by atoms with Crippen LogP contribution in [0.4, 0.5) is 0 Å². The van der Waals surface area contributed by atoms with E-state index in [1.165, 1.54) is 0 Å². The summed E-state index contributed by atoms with van der Waals surface area (Å²) in [5.74, 6) is 4.68. The highest BCUT2D eigenvalue weighted by atomic mass is 16.1. The maximum Gasteiger partial charge on any atom is 0.194 e. The maximum atomic E-state index is 12.4. The van der Waals surface area contributed by atoms with Crippen molar-refractivity contribution in [3.63, 3.8) is 0 Å². The van der Waals surface area contributed by atoms with E-state index in [1.54, 1.807) is 30.3 Å². The summed E-state index contributed by atoms with van der Waals surface area (Å²) in [4.78, 5) is 24.7. The molecule has 4 nitrogen and oxygen atoms in total. The molecular formula is C18H20N2O2. The average molecular weight is 296 g/mol. The minimum atomic E-state index is -0.0529. The van der Waals surface area contributed by atoms with Gasteiger partial charge in [-0.05, 0) is 18.1 Å². The van der Waals surface area contributed by atoms with Crippen LogP contribution < -0.4 is 11.3 Å². The molecule has 0 unspecified atom stereocenters. The summed E-state index contributed by atoms with van der Waals surface area (Å²) in [6.07, 6.45) is 0.858. The Hall–Kier alpha value is -2.30. The zero-order valence-electron chi connectivity index (χ0n) is 12.8. The molecule has 1 aliphatic rings. The van der Waals surface area contributed by atoms with E-state index in [1.807, 2.05) is 26.0 Å². The van der Waals surface area contributed by atoms with Crippen molar-refractivity contribution in [2.45, 2.75) is 20.3 Å². The molecule has 0 amide bonds. The first kappa shape index (κ1) is 16.1. The largest absolute Gasteiger partial charge is 0.289 e. The maximum absolute atomic E-state index is 12.4. The Morgan fingerprint density at radius 3 is 1.86 bits per heavy atom. The van der Waals surface area contributed by atoms with E-state index in [4.69, 9.17) is 5.84 Å². The fraction of sp³-hybridized carbons (Fsp3) is 0.222. The van der Waals surface area contributed by atoms with E-state index in [-0.39, 0.29) is 11.6 Å². The Balaban J connectivity index is 0.000000396. The lowest BCUT2D eigenvalue weighted by molar-refractivity contribution is 0.0979. The summed E-state index contributed by atoms with van der Waals surface area (Å²) in [5.41, 5.74) is 5.60. The van der Waals surface area contributed by atoms with Gasteiger partial charge in [0.1, 0.15) is 0 Å². The van der Waals surface area contributed by atoms with E-state index in [2.05, 4.69) is 5.43 Å². The minimum Gasteiger partial charge on any atom is -0.289 e. The number of benzene rings is 2. The Kier molecular flexibility index (Phi) is 5.20. The molecule has 3 N–H and O–H groups in total. The molecule has 0 radical (unpaired) electrons. The molecule has 0 atom stereocenters. The van der Waals surface area contributed by atoms with Gasteiger partial charge in [0.25, 0.3) is 0 Å². The van der Waals surface area contributed by atoms with Crippen molar-refractivity contribution in [1.29, 1.82) is 0 Å². The van der Waals surface area contributed by atoms with Crippen molar-refractivity contribution in [1.82, 2.24) is 5.43 Å². The van der Waals surface area contributed by atoms with Crippen LogP contribution in [-0.4, -0.2) is 18.1 Å². The van der Waals surface area contributed by atoms with Crippen LogP contribution in [0.5, 0.6) is 0 Å². The highest BCUT2D eigenvalue weighted by Crippen LogP contribution is 2.27. The van der Waals surface area contributed by atoms with Crippen molar-refractivity contribution >= 4 is 11.6 Å². The summed E-state index contributed by atoms with van der Waals surface area (Å²) in [6.45, 7) is 4.82. The molecule has 0 heterocycles. The number of rotatable bonds is 2. The van der Waals surface area contributed by atoms with E-state index in [9.17, 15) is 9.59 Å². The number of ketones is 2. The molecular weight excluding hydrogens is 276 g/mol. The second kappa shape index (κ2) is 7.11. The van der Waals surface area contributed by atoms with Gasteiger partial charge in [0.15, 0.2) is 11.6 Å². The van der Waals surface area contributed by atoms with Gasteiger partial charge < -0.3 is 0 Å². The molecule has 114 valence electrons. The summed E-state index contributed by atoms with van der Waals surface area (Å²) in [7, 11) is 0. The molecule has 1 aliphatic carbocycles. The van der Waals surface area contributed by atoms with Gasteiger partial charge in [0, 0.05) is 28.8 Å². The van der Waals surface area contributed by atoms with Crippen LogP contribution in [0.15, 0.2) is 42.5 Å². The Morgan fingerprint density at radius 2 is 1.36 bits per heavy atom. The van der Waals surface area contributed by atoms with E-state index < -0.39 is 0 Å². The van der Waals surface area contributed by atoms with Crippen LogP contribution in [0.1, 0.15) is 51.3 Å². The van der Waals surface area contributed by atoms with Crippen molar-refractivity contribution in [2.24, 2.45) is 5.84 Å². The molecule has 22 heavy (non-hydrogen) atoms. The van der Waals surface area contributed by atoms with Gasteiger partial charge >= 0.3 is 0 Å². The summed E-state index contributed by atoms with van der Waals surface area (Å²) >= 11 is 0. The predicted octanol–water partition coefficient (Wildman–Crippen LogP) is 2.49. The van der Waals surface area contributed by atoms with Crippen LogP contribution in [-0.2, 0) is 6.42 Å². The van der Waals surface area contributed by atoms with Crippen LogP contribution in [0.2, 0.25) is 0 Å². The molecule has 0 bridgehead atoms. The van der Waals surface area contributed by atoms with Crippen molar-refractivity contribution in [3.8, 4) is 0 Å². The predicted molar refractivity (Wildman–Crippen MR) is 87.0 cm³/mol. The lowest BCUT2D eigenvalue weighted by Crippen LogP contribution is -2.20. The zero-order chi connectivity index (χ0) is 16.1. The molecule has 3 rings (SSSR count). The first-order valence-electron chi connectivity index (χ1n) is 7.38. The van der Waals surface area contributed by atoms with E-state index in [0.29, 0.717) is 22.3 Å². The number of carbonyl (C=O) groups is 2. The van der Waals surface area contributed by atoms with E-state index >= 15 is 0 Å². The Labute approximate surface area is 130 Å². The number of hydrogen-bond donors (Lipinski definition) is 2. The third-order valence-electron chi connectivity index (χ3n) is 3.60. The standard InChI is InChI=1S/C16H12O2.C2H8N2/c1-2-10-7-8-13-14(9-10)16(18)12-6-4-3-5-11(12)15(13)17;1-2-4-3/h3-9H,2H2,1H3;4H,2-3H2,1H3. The number of aryl methyl sites for hydroxylation is 1. The first-order valence-corrected chi connectivity index (χ1v) is 7.38. The molecule has 2 aromatic rings. The number of hydrogen-bond acceptors (Lipinski definition) is 4. The average Bonchev–Trinajstić information content (AvgIpc) is 2.59. The molecule has 0 aliphatic heterocycles. The second-order valence-electron chi connectivity index (χ2n) is 4.99. The Bertz CT molecular complexity index is 706. The molecule has 0 aromatic heterocycles. The summed E-state index contributed by atoms with van der Waals surface area (Å²) < 4.78 is 0. The number of hydrazine groups is 1. The second-order valence-corrected chi connectivity index (χ2v) is 4.99. The van der Waals surface area contributed by atoms with Crippen molar-refractivity contribution in [3.05, 3.63) is 70.3 Å². The SMILES string of the molecule is CCNN.CCc1ccc2c(c1)C(=O)c1ccccc1C2=O.